The van der Waals surface area contributed by atoms with Crippen molar-refractivity contribution in [2.75, 3.05) is 59.4 Å². The third-order valence-corrected chi connectivity index (χ3v) is 4.83. The fraction of sp³-hybridized carbons (Fsp3) is 0.947. The Morgan fingerprint density at radius 3 is 2.00 bits per heavy atom. The van der Waals surface area contributed by atoms with Crippen LogP contribution < -0.4 is 10.6 Å². The number of nitrogens with zero attached hydrogens (tertiary/aromatic N) is 3. The van der Waals surface area contributed by atoms with E-state index < -0.39 is 0 Å². The average molecular weight is 467 g/mol. The maximum atomic E-state index is 4.30. The highest BCUT2D eigenvalue weighted by molar-refractivity contribution is 14.0. The summed E-state index contributed by atoms with van der Waals surface area (Å²) in [4.78, 5) is 9.45. The van der Waals surface area contributed by atoms with Crippen LogP contribution in [0, 0.1) is 5.92 Å². The van der Waals surface area contributed by atoms with Crippen LogP contribution in [-0.4, -0.2) is 75.2 Å². The molecule has 150 valence electrons. The van der Waals surface area contributed by atoms with E-state index in [1.54, 1.807) is 0 Å². The smallest absolute Gasteiger partial charge is 0.190 e. The van der Waals surface area contributed by atoms with Crippen LogP contribution in [0.25, 0.3) is 0 Å². The molecule has 0 aliphatic carbocycles. The zero-order chi connectivity index (χ0) is 17.6. The molecule has 0 spiro atoms. The molecule has 0 aromatic heterocycles. The Bertz CT molecular complexity index is 328. The van der Waals surface area contributed by atoms with Crippen LogP contribution in [-0.2, 0) is 0 Å². The Balaban J connectivity index is 0.00000576. The van der Waals surface area contributed by atoms with Gasteiger partial charge < -0.3 is 20.4 Å². The molecule has 0 amide bonds. The van der Waals surface area contributed by atoms with Gasteiger partial charge in [0.2, 0.25) is 0 Å². The van der Waals surface area contributed by atoms with Gasteiger partial charge in [-0.3, -0.25) is 4.99 Å². The minimum atomic E-state index is 0. The summed E-state index contributed by atoms with van der Waals surface area (Å²) in [6.45, 7) is 16.3. The molecule has 0 unspecified atom stereocenters. The SMILES string of the molecule is CCN1CCN(CCCCNC(=NC)NCCCCC(C)C)CC1.I. The quantitative estimate of drug-likeness (QED) is 0.212. The van der Waals surface area contributed by atoms with Crippen LogP contribution >= 0.6 is 24.0 Å². The van der Waals surface area contributed by atoms with Crippen LogP contribution in [0.1, 0.15) is 52.9 Å². The Morgan fingerprint density at radius 2 is 1.48 bits per heavy atom. The molecule has 25 heavy (non-hydrogen) atoms. The summed E-state index contributed by atoms with van der Waals surface area (Å²) in [5, 5.41) is 6.85. The van der Waals surface area contributed by atoms with E-state index in [4.69, 9.17) is 0 Å². The van der Waals surface area contributed by atoms with Crippen molar-refractivity contribution in [3.05, 3.63) is 0 Å². The van der Waals surface area contributed by atoms with E-state index in [0.29, 0.717) is 0 Å². The zero-order valence-electron chi connectivity index (χ0n) is 17.0. The maximum absolute atomic E-state index is 4.30. The number of unbranched alkanes of at least 4 members (excludes halogenated alkanes) is 2. The molecule has 2 N–H and O–H groups in total. The van der Waals surface area contributed by atoms with E-state index >= 15 is 0 Å². The van der Waals surface area contributed by atoms with E-state index in [2.05, 4.69) is 46.2 Å². The number of hydrogen-bond acceptors (Lipinski definition) is 3. The summed E-state index contributed by atoms with van der Waals surface area (Å²) >= 11 is 0. The minimum absolute atomic E-state index is 0. The minimum Gasteiger partial charge on any atom is -0.356 e. The van der Waals surface area contributed by atoms with Crippen molar-refractivity contribution >= 4 is 29.9 Å². The summed E-state index contributed by atoms with van der Waals surface area (Å²) in [7, 11) is 1.86. The fourth-order valence-corrected chi connectivity index (χ4v) is 3.10. The van der Waals surface area contributed by atoms with Gasteiger partial charge in [-0.15, -0.1) is 24.0 Å². The molecule has 1 fully saturated rings. The van der Waals surface area contributed by atoms with Crippen LogP contribution in [0.4, 0.5) is 0 Å². The van der Waals surface area contributed by atoms with Gasteiger partial charge in [-0.2, -0.15) is 0 Å². The van der Waals surface area contributed by atoms with Gasteiger partial charge in [-0.1, -0.05) is 33.6 Å². The molecule has 0 bridgehead atoms. The lowest BCUT2D eigenvalue weighted by molar-refractivity contribution is 0.136. The van der Waals surface area contributed by atoms with Crippen molar-refractivity contribution in [3.63, 3.8) is 0 Å². The Hall–Kier alpha value is -0.0800. The normalized spacial score (nSPS) is 16.8. The molecule has 0 aromatic rings. The molecule has 1 aliphatic heterocycles. The predicted octanol–water partition coefficient (Wildman–Crippen LogP) is 3.01. The highest BCUT2D eigenvalue weighted by atomic mass is 127. The second kappa shape index (κ2) is 16.1. The van der Waals surface area contributed by atoms with Crippen LogP contribution in [0.3, 0.4) is 0 Å². The number of nitrogens with one attached hydrogen (secondary N) is 2. The van der Waals surface area contributed by atoms with Gasteiger partial charge >= 0.3 is 0 Å². The Kier molecular flexibility index (Phi) is 16.1. The van der Waals surface area contributed by atoms with Gasteiger partial charge in [0.15, 0.2) is 5.96 Å². The highest BCUT2D eigenvalue weighted by Gasteiger charge is 2.14. The van der Waals surface area contributed by atoms with Crippen molar-refractivity contribution in [1.82, 2.24) is 20.4 Å². The molecule has 1 aliphatic rings. The van der Waals surface area contributed by atoms with Crippen molar-refractivity contribution in [1.29, 1.82) is 0 Å². The van der Waals surface area contributed by atoms with E-state index in [0.717, 1.165) is 25.0 Å². The molecule has 0 aromatic carbocycles. The molecule has 1 saturated heterocycles. The third kappa shape index (κ3) is 12.8. The molecular weight excluding hydrogens is 425 g/mol. The molecule has 1 rings (SSSR count). The number of likely N-dealkylation sites (N-methyl/N-ethyl adjacent to an activating group) is 1. The van der Waals surface area contributed by atoms with Gasteiger partial charge in [0.05, 0.1) is 0 Å². The molecular formula is C19H42IN5. The summed E-state index contributed by atoms with van der Waals surface area (Å²) in [6, 6.07) is 0. The molecule has 5 nitrogen and oxygen atoms in total. The summed E-state index contributed by atoms with van der Waals surface area (Å²) in [5.41, 5.74) is 0. The van der Waals surface area contributed by atoms with Crippen molar-refractivity contribution in [2.45, 2.75) is 52.9 Å². The standard InChI is InChI=1S/C19H41N5.HI/c1-5-23-14-16-24(17-15-23)13-9-8-12-22-19(20-4)21-11-7-6-10-18(2)3;/h18H,5-17H2,1-4H3,(H2,20,21,22);1H. The number of halogens is 1. The molecule has 0 radical (unpaired) electrons. The first-order valence-electron chi connectivity index (χ1n) is 10.0. The van der Waals surface area contributed by atoms with Crippen molar-refractivity contribution in [3.8, 4) is 0 Å². The molecule has 1 heterocycles. The van der Waals surface area contributed by atoms with E-state index in [1.807, 2.05) is 7.05 Å². The van der Waals surface area contributed by atoms with Crippen molar-refractivity contribution < 1.29 is 0 Å². The van der Waals surface area contributed by atoms with Gasteiger partial charge in [-0.25, -0.2) is 0 Å². The second-order valence-corrected chi connectivity index (χ2v) is 7.30. The summed E-state index contributed by atoms with van der Waals surface area (Å²) in [6.07, 6.45) is 6.32. The molecule has 0 saturated carbocycles. The van der Waals surface area contributed by atoms with Gasteiger partial charge in [0, 0.05) is 46.3 Å². The monoisotopic (exact) mass is 467 g/mol. The first kappa shape index (κ1) is 24.9. The van der Waals surface area contributed by atoms with E-state index in [-0.39, 0.29) is 24.0 Å². The lowest BCUT2D eigenvalue weighted by Crippen LogP contribution is -2.46. The van der Waals surface area contributed by atoms with Gasteiger partial charge in [-0.05, 0) is 38.3 Å². The Labute approximate surface area is 173 Å². The number of hydrogen-bond donors (Lipinski definition) is 2. The zero-order valence-corrected chi connectivity index (χ0v) is 19.3. The Morgan fingerprint density at radius 1 is 0.920 bits per heavy atom. The van der Waals surface area contributed by atoms with Crippen molar-refractivity contribution in [2.24, 2.45) is 10.9 Å². The average Bonchev–Trinajstić information content (AvgIpc) is 2.59. The number of aliphatic imine (C=N–C) groups is 1. The van der Waals surface area contributed by atoms with E-state index in [1.165, 1.54) is 71.4 Å². The number of guanidine groups is 1. The molecule has 6 heteroatoms. The van der Waals surface area contributed by atoms with Crippen LogP contribution in [0.2, 0.25) is 0 Å². The van der Waals surface area contributed by atoms with Gasteiger partial charge in [0.1, 0.15) is 0 Å². The largest absolute Gasteiger partial charge is 0.356 e. The van der Waals surface area contributed by atoms with Gasteiger partial charge in [0.25, 0.3) is 0 Å². The topological polar surface area (TPSA) is 42.9 Å². The summed E-state index contributed by atoms with van der Waals surface area (Å²) in [5.74, 6) is 1.77. The second-order valence-electron chi connectivity index (χ2n) is 7.30. The summed E-state index contributed by atoms with van der Waals surface area (Å²) < 4.78 is 0. The molecule has 0 atom stereocenters. The van der Waals surface area contributed by atoms with Crippen LogP contribution in [0.15, 0.2) is 4.99 Å². The predicted molar refractivity (Wildman–Crippen MR) is 121 cm³/mol. The third-order valence-electron chi connectivity index (χ3n) is 4.83. The number of piperazine rings is 1. The van der Waals surface area contributed by atoms with Crippen LogP contribution in [0.5, 0.6) is 0 Å². The lowest BCUT2D eigenvalue weighted by Gasteiger charge is -2.34. The first-order valence-corrected chi connectivity index (χ1v) is 10.0. The maximum Gasteiger partial charge on any atom is 0.190 e. The first-order chi connectivity index (χ1) is 11.7. The number of rotatable bonds is 11. The van der Waals surface area contributed by atoms with E-state index in [9.17, 15) is 0 Å². The highest BCUT2D eigenvalue weighted by Crippen LogP contribution is 2.05. The fourth-order valence-electron chi connectivity index (χ4n) is 3.10. The lowest BCUT2D eigenvalue weighted by atomic mass is 10.1.